The molecule has 2 aromatic carbocycles. The standard InChI is InChI=1S/C22H25NO2/c1-14-8-7-9-15(12-14)18-13-19-16-10-5-6-11-17(16)20(18)23(19)21(24)25-22(2,3)4/h5-12,18-20H,13H2,1-4H3. The van der Waals surface area contributed by atoms with Gasteiger partial charge in [-0.1, -0.05) is 54.1 Å². The molecular formula is C22H25NO2. The van der Waals surface area contributed by atoms with Crippen molar-refractivity contribution in [1.82, 2.24) is 4.90 Å². The molecule has 0 spiro atoms. The molecule has 3 unspecified atom stereocenters. The van der Waals surface area contributed by atoms with Crippen LogP contribution in [0.15, 0.2) is 48.5 Å². The maximum absolute atomic E-state index is 12.9. The van der Waals surface area contributed by atoms with Gasteiger partial charge in [0.05, 0.1) is 12.1 Å². The molecule has 3 atom stereocenters. The lowest BCUT2D eigenvalue weighted by Gasteiger charge is -2.29. The van der Waals surface area contributed by atoms with Gasteiger partial charge in [0.1, 0.15) is 5.60 Å². The molecule has 2 heterocycles. The van der Waals surface area contributed by atoms with Crippen molar-refractivity contribution in [2.45, 2.75) is 57.7 Å². The molecule has 25 heavy (non-hydrogen) atoms. The number of carbonyl (C=O) groups is 1. The third kappa shape index (κ3) is 2.72. The summed E-state index contributed by atoms with van der Waals surface area (Å²) in [6.45, 7) is 7.90. The fourth-order valence-corrected chi connectivity index (χ4v) is 4.37. The van der Waals surface area contributed by atoms with E-state index in [-0.39, 0.29) is 18.2 Å². The molecule has 3 nitrogen and oxygen atoms in total. The van der Waals surface area contributed by atoms with Gasteiger partial charge in [-0.05, 0) is 50.8 Å². The molecule has 4 rings (SSSR count). The van der Waals surface area contributed by atoms with Crippen LogP contribution < -0.4 is 0 Å². The normalized spacial score (nSPS) is 24.3. The highest BCUT2D eigenvalue weighted by atomic mass is 16.6. The number of rotatable bonds is 1. The number of aryl methyl sites for hydroxylation is 1. The highest BCUT2D eigenvalue weighted by molar-refractivity contribution is 5.73. The Bertz CT molecular complexity index is 821. The first kappa shape index (κ1) is 16.2. The average molecular weight is 335 g/mol. The van der Waals surface area contributed by atoms with Crippen LogP contribution >= 0.6 is 0 Å². The Labute approximate surface area is 149 Å². The molecule has 0 radical (unpaired) electrons. The minimum atomic E-state index is -0.482. The first-order chi connectivity index (χ1) is 11.8. The Morgan fingerprint density at radius 1 is 1.08 bits per heavy atom. The van der Waals surface area contributed by atoms with Crippen LogP contribution in [0.5, 0.6) is 0 Å². The number of fused-ring (bicyclic) bond motifs is 5. The number of amides is 1. The number of nitrogens with zero attached hydrogens (tertiary/aromatic N) is 1. The van der Waals surface area contributed by atoms with Gasteiger partial charge in [-0.3, -0.25) is 4.90 Å². The number of benzene rings is 2. The van der Waals surface area contributed by atoms with E-state index in [4.69, 9.17) is 4.74 Å². The van der Waals surface area contributed by atoms with Crippen LogP contribution in [-0.2, 0) is 4.74 Å². The maximum Gasteiger partial charge on any atom is 0.411 e. The first-order valence-corrected chi connectivity index (χ1v) is 9.02. The number of carbonyl (C=O) groups excluding carboxylic acids is 1. The zero-order valence-electron chi connectivity index (χ0n) is 15.3. The van der Waals surface area contributed by atoms with E-state index in [0.29, 0.717) is 5.92 Å². The molecule has 2 aliphatic heterocycles. The summed E-state index contributed by atoms with van der Waals surface area (Å²) in [6.07, 6.45) is 0.763. The molecule has 0 saturated carbocycles. The second kappa shape index (κ2) is 5.62. The molecule has 1 fully saturated rings. The topological polar surface area (TPSA) is 29.5 Å². The van der Waals surface area contributed by atoms with Crippen molar-refractivity contribution in [3.63, 3.8) is 0 Å². The summed E-state index contributed by atoms with van der Waals surface area (Å²) >= 11 is 0. The van der Waals surface area contributed by atoms with Gasteiger partial charge in [0.15, 0.2) is 0 Å². The Balaban J connectivity index is 1.74. The van der Waals surface area contributed by atoms with Gasteiger partial charge >= 0.3 is 6.09 Å². The van der Waals surface area contributed by atoms with Crippen LogP contribution in [0.2, 0.25) is 0 Å². The molecule has 0 N–H and O–H groups in total. The molecule has 3 heteroatoms. The lowest BCUT2D eigenvalue weighted by atomic mass is 9.80. The lowest BCUT2D eigenvalue weighted by Crippen LogP contribution is -2.35. The summed E-state index contributed by atoms with van der Waals surface area (Å²) in [6, 6.07) is 17.3. The molecule has 0 aromatic heterocycles. The van der Waals surface area contributed by atoms with E-state index in [1.165, 1.54) is 22.3 Å². The van der Waals surface area contributed by atoms with Gasteiger partial charge in [-0.2, -0.15) is 0 Å². The van der Waals surface area contributed by atoms with Crippen LogP contribution in [0.25, 0.3) is 0 Å². The van der Waals surface area contributed by atoms with Crippen molar-refractivity contribution in [2.75, 3.05) is 0 Å². The predicted molar refractivity (Wildman–Crippen MR) is 98.5 cm³/mol. The fraction of sp³-hybridized carbons (Fsp3) is 0.409. The summed E-state index contributed by atoms with van der Waals surface area (Å²) in [4.78, 5) is 14.9. The minimum Gasteiger partial charge on any atom is -0.444 e. The largest absolute Gasteiger partial charge is 0.444 e. The molecule has 1 amide bonds. The van der Waals surface area contributed by atoms with Crippen LogP contribution in [0.4, 0.5) is 4.79 Å². The van der Waals surface area contributed by atoms with Crippen LogP contribution in [0.3, 0.4) is 0 Å². The van der Waals surface area contributed by atoms with Crippen molar-refractivity contribution in [3.8, 4) is 0 Å². The quantitative estimate of drug-likeness (QED) is 0.687. The van der Waals surface area contributed by atoms with Crippen LogP contribution in [0, 0.1) is 6.92 Å². The van der Waals surface area contributed by atoms with E-state index < -0.39 is 5.60 Å². The summed E-state index contributed by atoms with van der Waals surface area (Å²) in [5.74, 6) is 0.326. The van der Waals surface area contributed by atoms with Gasteiger partial charge in [0.2, 0.25) is 0 Å². The zero-order valence-corrected chi connectivity index (χ0v) is 15.3. The van der Waals surface area contributed by atoms with E-state index in [0.717, 1.165) is 6.42 Å². The summed E-state index contributed by atoms with van der Waals surface area (Å²) < 4.78 is 5.73. The number of hydrogen-bond acceptors (Lipinski definition) is 2. The first-order valence-electron chi connectivity index (χ1n) is 9.02. The zero-order chi connectivity index (χ0) is 17.8. The monoisotopic (exact) mass is 335 g/mol. The van der Waals surface area contributed by atoms with E-state index in [2.05, 4.69) is 55.5 Å². The third-order valence-corrected chi connectivity index (χ3v) is 5.24. The summed E-state index contributed by atoms with van der Waals surface area (Å²) in [5, 5.41) is 0. The number of ether oxygens (including phenoxy) is 1. The highest BCUT2D eigenvalue weighted by Crippen LogP contribution is 2.59. The van der Waals surface area contributed by atoms with Gasteiger partial charge in [-0.15, -0.1) is 0 Å². The second-order valence-corrected chi connectivity index (χ2v) is 8.23. The number of hydrogen-bond donors (Lipinski definition) is 0. The van der Waals surface area contributed by atoms with E-state index in [1.54, 1.807) is 0 Å². The van der Waals surface area contributed by atoms with E-state index in [9.17, 15) is 4.79 Å². The van der Waals surface area contributed by atoms with Gasteiger partial charge in [-0.25, -0.2) is 4.79 Å². The highest BCUT2D eigenvalue weighted by Gasteiger charge is 2.53. The Morgan fingerprint density at radius 2 is 1.80 bits per heavy atom. The summed E-state index contributed by atoms with van der Waals surface area (Å²) in [5.41, 5.74) is 4.65. The Morgan fingerprint density at radius 3 is 2.48 bits per heavy atom. The SMILES string of the molecule is Cc1cccc(C2CC3c4ccccc4C2N3C(=O)OC(C)(C)C)c1. The molecule has 2 bridgehead atoms. The summed E-state index contributed by atoms with van der Waals surface area (Å²) in [7, 11) is 0. The average Bonchev–Trinajstić information content (AvgIpc) is 3.08. The molecular weight excluding hydrogens is 310 g/mol. The minimum absolute atomic E-state index is 0.0675. The molecule has 2 aromatic rings. The lowest BCUT2D eigenvalue weighted by molar-refractivity contribution is 0.0172. The Hall–Kier alpha value is -2.29. The van der Waals surface area contributed by atoms with Gasteiger partial charge in [0, 0.05) is 5.92 Å². The van der Waals surface area contributed by atoms with Crippen molar-refractivity contribution in [3.05, 3.63) is 70.8 Å². The van der Waals surface area contributed by atoms with E-state index >= 15 is 0 Å². The fourth-order valence-electron chi connectivity index (χ4n) is 4.37. The third-order valence-electron chi connectivity index (χ3n) is 5.24. The maximum atomic E-state index is 12.9. The van der Waals surface area contributed by atoms with Crippen LogP contribution in [-0.4, -0.2) is 16.6 Å². The smallest absolute Gasteiger partial charge is 0.411 e. The van der Waals surface area contributed by atoms with Crippen molar-refractivity contribution in [2.24, 2.45) is 0 Å². The van der Waals surface area contributed by atoms with Gasteiger partial charge in [0.25, 0.3) is 0 Å². The van der Waals surface area contributed by atoms with Crippen molar-refractivity contribution < 1.29 is 9.53 Å². The van der Waals surface area contributed by atoms with Crippen molar-refractivity contribution in [1.29, 1.82) is 0 Å². The molecule has 130 valence electrons. The van der Waals surface area contributed by atoms with Crippen molar-refractivity contribution >= 4 is 6.09 Å². The van der Waals surface area contributed by atoms with Gasteiger partial charge < -0.3 is 4.74 Å². The van der Waals surface area contributed by atoms with E-state index in [1.807, 2.05) is 25.7 Å². The predicted octanol–water partition coefficient (Wildman–Crippen LogP) is 5.52. The molecule has 0 aliphatic carbocycles. The molecule has 1 saturated heterocycles. The van der Waals surface area contributed by atoms with Crippen LogP contribution in [0.1, 0.15) is 67.4 Å². The Kier molecular flexibility index (Phi) is 3.64. The second-order valence-electron chi connectivity index (χ2n) is 8.23. The molecule has 2 aliphatic rings.